The van der Waals surface area contributed by atoms with Crippen LogP contribution in [0.3, 0.4) is 0 Å². The van der Waals surface area contributed by atoms with E-state index in [-0.39, 0.29) is 43.2 Å². The van der Waals surface area contributed by atoms with Crippen molar-refractivity contribution in [2.45, 2.75) is 48.6 Å². The number of hydrogen-bond acceptors (Lipinski definition) is 8. The van der Waals surface area contributed by atoms with Crippen LogP contribution in [0.5, 0.6) is 0 Å². The van der Waals surface area contributed by atoms with Gasteiger partial charge in [0.05, 0.1) is 50.3 Å². The molecular weight excluding hydrogens is 498 g/mol. The van der Waals surface area contributed by atoms with E-state index in [1.807, 2.05) is 23.1 Å². The van der Waals surface area contributed by atoms with Gasteiger partial charge in [0.1, 0.15) is 0 Å². The highest BCUT2D eigenvalue weighted by atomic mass is 32.2. The lowest BCUT2D eigenvalue weighted by Crippen LogP contribution is -2.57. The maximum atomic E-state index is 13.4. The molecule has 0 spiro atoms. The lowest BCUT2D eigenvalue weighted by Gasteiger charge is -2.43. The van der Waals surface area contributed by atoms with Gasteiger partial charge in [0.25, 0.3) is 10.0 Å². The fourth-order valence-electron chi connectivity index (χ4n) is 5.39. The fraction of sp³-hybridized carbons (Fsp3) is 0.600. The minimum Gasteiger partial charge on any atom is -0.389 e. The molecule has 3 aliphatic rings. The van der Waals surface area contributed by atoms with E-state index in [0.717, 1.165) is 18.8 Å². The number of aliphatic hydroxyl groups is 1. The Labute approximate surface area is 217 Å². The molecule has 1 aromatic carbocycles. The molecule has 4 heterocycles. The highest BCUT2D eigenvalue weighted by Crippen LogP contribution is 2.31. The number of rotatable bonds is 5. The summed E-state index contributed by atoms with van der Waals surface area (Å²) in [5.74, 6) is 0.0521. The van der Waals surface area contributed by atoms with Crippen molar-refractivity contribution in [3.8, 4) is 0 Å². The summed E-state index contributed by atoms with van der Waals surface area (Å²) in [6.07, 6.45) is 2.40. The molecular formula is C25H35N5O6S. The number of piperazine rings is 1. The van der Waals surface area contributed by atoms with Gasteiger partial charge in [-0.2, -0.15) is 4.31 Å². The van der Waals surface area contributed by atoms with Crippen LogP contribution in [-0.2, 0) is 31.3 Å². The third-order valence-corrected chi connectivity index (χ3v) is 9.12. The van der Waals surface area contributed by atoms with Gasteiger partial charge >= 0.3 is 0 Å². The van der Waals surface area contributed by atoms with E-state index < -0.39 is 28.3 Å². The Morgan fingerprint density at radius 1 is 1.11 bits per heavy atom. The number of amides is 1. The average Bonchev–Trinajstić information content (AvgIpc) is 3.34. The molecule has 0 aliphatic carbocycles. The third kappa shape index (κ3) is 5.83. The lowest BCUT2D eigenvalue weighted by molar-refractivity contribution is -0.151. The Hall–Kier alpha value is -2.51. The van der Waals surface area contributed by atoms with Gasteiger partial charge in [-0.25, -0.2) is 13.4 Å². The topological polar surface area (TPSA) is 117 Å². The molecule has 5 rings (SSSR count). The molecule has 0 saturated carbocycles. The molecule has 1 amide bonds. The average molecular weight is 534 g/mol. The third-order valence-electron chi connectivity index (χ3n) is 7.34. The number of hydrogen-bond donors (Lipinski definition) is 1. The first kappa shape index (κ1) is 26.1. The van der Waals surface area contributed by atoms with Crippen LogP contribution in [0.2, 0.25) is 0 Å². The number of carbonyl (C=O) groups is 1. The summed E-state index contributed by atoms with van der Waals surface area (Å²) in [6, 6.07) is 9.68. The maximum absolute atomic E-state index is 13.4. The van der Waals surface area contributed by atoms with Crippen molar-refractivity contribution in [3.63, 3.8) is 0 Å². The molecule has 1 N–H and O–H groups in total. The minimum absolute atomic E-state index is 0.0100. The first-order chi connectivity index (χ1) is 17.8. The Morgan fingerprint density at radius 3 is 2.57 bits per heavy atom. The highest BCUT2D eigenvalue weighted by Gasteiger charge is 2.44. The second-order valence-corrected chi connectivity index (χ2v) is 11.8. The second kappa shape index (κ2) is 11.1. The lowest BCUT2D eigenvalue weighted by atomic mass is 9.96. The molecule has 2 aromatic rings. The van der Waals surface area contributed by atoms with Crippen LogP contribution < -0.4 is 4.90 Å². The van der Waals surface area contributed by atoms with Crippen molar-refractivity contribution in [1.29, 1.82) is 0 Å². The number of ether oxygens (including phenoxy) is 2. The van der Waals surface area contributed by atoms with Gasteiger partial charge < -0.3 is 28.9 Å². The number of anilines is 1. The molecule has 202 valence electrons. The Bertz CT molecular complexity index is 1170. The second-order valence-electron chi connectivity index (χ2n) is 9.99. The van der Waals surface area contributed by atoms with Gasteiger partial charge in [-0.3, -0.25) is 4.79 Å². The largest absolute Gasteiger partial charge is 0.389 e. The number of benzene rings is 1. The molecule has 3 saturated heterocycles. The number of imidazole rings is 1. The number of aromatic nitrogens is 2. The van der Waals surface area contributed by atoms with E-state index in [2.05, 4.69) is 22.0 Å². The van der Waals surface area contributed by atoms with Crippen molar-refractivity contribution in [2.75, 3.05) is 50.8 Å². The molecule has 0 radical (unpaired) electrons. The van der Waals surface area contributed by atoms with E-state index in [0.29, 0.717) is 25.9 Å². The SMILES string of the molecule is Cn1cnc(S(=O)(=O)N2C[C@H](O)COC[C@H]3O[C@H](CC(=O)N4CCN(c5ccccc5)CC4)CC[C@@H]32)c1. The van der Waals surface area contributed by atoms with E-state index >= 15 is 0 Å². The van der Waals surface area contributed by atoms with Crippen molar-refractivity contribution >= 4 is 21.6 Å². The van der Waals surface area contributed by atoms with E-state index in [1.54, 1.807) is 11.6 Å². The Balaban J connectivity index is 1.21. The van der Waals surface area contributed by atoms with Crippen LogP contribution in [0.25, 0.3) is 0 Å². The number of para-hydroxylation sites is 1. The number of carbonyl (C=O) groups excluding carboxylic acids is 1. The van der Waals surface area contributed by atoms with Crippen LogP contribution in [0.15, 0.2) is 47.9 Å². The summed E-state index contributed by atoms with van der Waals surface area (Å²) in [4.78, 5) is 21.3. The summed E-state index contributed by atoms with van der Waals surface area (Å²) in [5.41, 5.74) is 1.16. The molecule has 12 heteroatoms. The Morgan fingerprint density at radius 2 is 1.86 bits per heavy atom. The smallest absolute Gasteiger partial charge is 0.262 e. The number of nitrogens with zero attached hydrogens (tertiary/aromatic N) is 5. The molecule has 37 heavy (non-hydrogen) atoms. The molecule has 4 atom stereocenters. The normalized spacial score (nSPS) is 27.8. The number of sulfonamides is 1. The summed E-state index contributed by atoms with van der Waals surface area (Å²) in [5, 5.41) is 10.3. The van der Waals surface area contributed by atoms with Crippen LogP contribution in [0.1, 0.15) is 19.3 Å². The molecule has 11 nitrogen and oxygen atoms in total. The highest BCUT2D eigenvalue weighted by molar-refractivity contribution is 7.89. The number of fused-ring (bicyclic) bond motifs is 1. The number of aliphatic hydroxyl groups excluding tert-OH is 1. The number of β-amino-alcohol motifs (C(OH)–C–C–N with tert-alkyl or cyclic N) is 1. The molecule has 3 fully saturated rings. The molecule has 3 aliphatic heterocycles. The zero-order valence-electron chi connectivity index (χ0n) is 21.1. The van der Waals surface area contributed by atoms with E-state index in [4.69, 9.17) is 9.47 Å². The predicted octanol–water partition coefficient (Wildman–Crippen LogP) is 0.457. The predicted molar refractivity (Wildman–Crippen MR) is 135 cm³/mol. The Kier molecular flexibility index (Phi) is 7.82. The van der Waals surface area contributed by atoms with Crippen LogP contribution in [0.4, 0.5) is 5.69 Å². The minimum atomic E-state index is -3.94. The van der Waals surface area contributed by atoms with Crippen molar-refractivity contribution < 1.29 is 27.8 Å². The zero-order valence-corrected chi connectivity index (χ0v) is 21.9. The summed E-state index contributed by atoms with van der Waals surface area (Å²) in [7, 11) is -2.24. The van der Waals surface area contributed by atoms with E-state index in [9.17, 15) is 18.3 Å². The summed E-state index contributed by atoms with van der Waals surface area (Å²) >= 11 is 0. The van der Waals surface area contributed by atoms with Gasteiger partial charge in [0.2, 0.25) is 5.91 Å². The van der Waals surface area contributed by atoms with Crippen molar-refractivity contribution in [3.05, 3.63) is 42.9 Å². The molecule has 0 unspecified atom stereocenters. The number of aryl methyl sites for hydroxylation is 1. The summed E-state index contributed by atoms with van der Waals surface area (Å²) < 4.78 is 41.7. The monoisotopic (exact) mass is 533 g/mol. The summed E-state index contributed by atoms with van der Waals surface area (Å²) in [6.45, 7) is 2.93. The molecule has 1 aromatic heterocycles. The van der Waals surface area contributed by atoms with E-state index in [1.165, 1.54) is 16.8 Å². The zero-order chi connectivity index (χ0) is 26.0. The van der Waals surface area contributed by atoms with Gasteiger partial charge in [-0.15, -0.1) is 0 Å². The maximum Gasteiger partial charge on any atom is 0.262 e. The molecule has 0 bridgehead atoms. The van der Waals surface area contributed by atoms with Crippen molar-refractivity contribution in [2.24, 2.45) is 7.05 Å². The standard InChI is InChI=1S/C25H35N5O6S/c1-27-15-24(26-18-27)37(33,34)30-14-20(31)16-35-17-23-22(30)8-7-21(36-23)13-25(32)29-11-9-28(10-12-29)19-5-3-2-4-6-19/h2-6,15,18,20-23,31H,7-14,16-17H2,1H3/t20-,21-,22-,23+/m0/s1. The fourth-order valence-corrected chi connectivity index (χ4v) is 7.08. The van der Waals surface area contributed by atoms with Gasteiger partial charge in [-0.1, -0.05) is 18.2 Å². The van der Waals surface area contributed by atoms with Gasteiger partial charge in [0, 0.05) is 51.7 Å². The van der Waals surface area contributed by atoms with Gasteiger partial charge in [-0.05, 0) is 25.0 Å². The quantitative estimate of drug-likeness (QED) is 0.589. The van der Waals surface area contributed by atoms with Crippen molar-refractivity contribution in [1.82, 2.24) is 18.8 Å². The van der Waals surface area contributed by atoms with Crippen LogP contribution in [-0.4, -0.2) is 108 Å². The first-order valence-corrected chi connectivity index (χ1v) is 14.2. The van der Waals surface area contributed by atoms with Crippen LogP contribution >= 0.6 is 0 Å². The van der Waals surface area contributed by atoms with Gasteiger partial charge in [0.15, 0.2) is 5.03 Å². The van der Waals surface area contributed by atoms with Crippen LogP contribution in [0, 0.1) is 0 Å². The first-order valence-electron chi connectivity index (χ1n) is 12.8.